The van der Waals surface area contributed by atoms with Crippen LogP contribution in [0.3, 0.4) is 0 Å². The number of nitrogens with one attached hydrogen (secondary N) is 1. The normalized spacial score (nSPS) is 24.4. The first-order chi connectivity index (χ1) is 19.0. The van der Waals surface area contributed by atoms with Gasteiger partial charge >= 0.3 is 0 Å². The molecule has 204 valence electrons. The number of aliphatic hydroxyl groups is 1. The number of aliphatic imine (C=N–C) groups is 1. The quantitative estimate of drug-likeness (QED) is 0.416. The van der Waals surface area contributed by atoms with E-state index in [-0.39, 0.29) is 17.9 Å². The fraction of sp³-hybridized carbons (Fsp3) is 0.483. The van der Waals surface area contributed by atoms with Crippen LogP contribution in [0.2, 0.25) is 0 Å². The lowest BCUT2D eigenvalue weighted by Crippen LogP contribution is -2.57. The Balaban J connectivity index is 1.19. The lowest BCUT2D eigenvalue weighted by Gasteiger charge is -2.42. The van der Waals surface area contributed by atoms with Crippen LogP contribution in [0.5, 0.6) is 0 Å². The molecule has 0 aromatic carbocycles. The first-order valence-corrected chi connectivity index (χ1v) is 13.9. The fourth-order valence-corrected chi connectivity index (χ4v) is 6.02. The van der Waals surface area contributed by atoms with Crippen molar-refractivity contribution in [2.24, 2.45) is 28.5 Å². The van der Waals surface area contributed by atoms with Crippen molar-refractivity contribution in [1.82, 2.24) is 15.0 Å². The summed E-state index contributed by atoms with van der Waals surface area (Å²) in [4.78, 5) is 35.5. The molecule has 3 fully saturated rings. The molecule has 39 heavy (non-hydrogen) atoms. The van der Waals surface area contributed by atoms with E-state index in [1.807, 2.05) is 37.7 Å². The number of hydrogen-bond donors (Lipinski definition) is 3. The molecule has 10 heteroatoms. The van der Waals surface area contributed by atoms with Gasteiger partial charge in [-0.05, 0) is 61.8 Å². The first-order valence-electron chi connectivity index (χ1n) is 13.9. The van der Waals surface area contributed by atoms with Gasteiger partial charge in [0.2, 0.25) is 0 Å². The average Bonchev–Trinajstić information content (AvgIpc) is 3.80. The number of rotatable bonds is 6. The van der Waals surface area contributed by atoms with E-state index < -0.39 is 6.10 Å². The molecule has 2 aliphatic heterocycles. The highest BCUT2D eigenvalue weighted by atomic mass is 16.3. The number of anilines is 3. The van der Waals surface area contributed by atoms with Crippen LogP contribution in [0.4, 0.5) is 17.1 Å². The maximum absolute atomic E-state index is 13.3. The number of hydrogen-bond acceptors (Lipinski definition) is 9. The van der Waals surface area contributed by atoms with E-state index in [1.165, 1.54) is 0 Å². The van der Waals surface area contributed by atoms with E-state index in [2.05, 4.69) is 35.1 Å². The first kappa shape index (κ1) is 25.6. The third kappa shape index (κ3) is 5.44. The molecule has 1 saturated carbocycles. The molecule has 0 bridgehead atoms. The summed E-state index contributed by atoms with van der Waals surface area (Å²) in [5.41, 5.74) is 10.5. The van der Waals surface area contributed by atoms with E-state index in [0.717, 1.165) is 55.7 Å². The van der Waals surface area contributed by atoms with Crippen molar-refractivity contribution in [1.29, 1.82) is 0 Å². The summed E-state index contributed by atoms with van der Waals surface area (Å²) in [6.07, 6.45) is 11.2. The van der Waals surface area contributed by atoms with Crippen molar-refractivity contribution < 1.29 is 9.90 Å². The smallest absolute Gasteiger partial charge is 0.274 e. The Morgan fingerprint density at radius 2 is 1.92 bits per heavy atom. The average molecular weight is 529 g/mol. The number of fused-ring (bicyclic) bond motifs is 1. The van der Waals surface area contributed by atoms with Crippen LogP contribution < -0.4 is 20.9 Å². The van der Waals surface area contributed by atoms with Gasteiger partial charge in [0.05, 0.1) is 46.6 Å². The molecule has 0 radical (unpaired) electrons. The summed E-state index contributed by atoms with van der Waals surface area (Å²) in [7, 11) is 1.83. The topological polar surface area (TPSA) is 133 Å². The Hall–Kier alpha value is -3.63. The third-order valence-corrected chi connectivity index (χ3v) is 8.37. The van der Waals surface area contributed by atoms with Crippen LogP contribution in [0.25, 0.3) is 11.0 Å². The van der Waals surface area contributed by atoms with Crippen molar-refractivity contribution in [3.8, 4) is 0 Å². The number of nitrogens with two attached hydrogens (primary N) is 1. The molecule has 2 saturated heterocycles. The number of aromatic nitrogens is 3. The van der Waals surface area contributed by atoms with Crippen molar-refractivity contribution in [3.05, 3.63) is 48.5 Å². The summed E-state index contributed by atoms with van der Waals surface area (Å²) >= 11 is 0. The summed E-state index contributed by atoms with van der Waals surface area (Å²) < 4.78 is 0. The molecule has 10 nitrogen and oxygen atoms in total. The SMILES string of the molecule is C/N=C/C1CCN(c2cnc3ccc(C(=O)Nc4cnccc4N4C[C@@H](N)[C@H](O)[C@@H](C5CC5)C4)nc3c2)CC1. The van der Waals surface area contributed by atoms with E-state index in [0.29, 0.717) is 41.8 Å². The number of carbonyl (C=O) groups excluding carboxylic acids is 1. The number of carbonyl (C=O) groups is 1. The molecule has 0 unspecified atom stereocenters. The summed E-state index contributed by atoms with van der Waals surface area (Å²) in [5, 5.41) is 13.7. The van der Waals surface area contributed by atoms with Gasteiger partial charge in [-0.25, -0.2) is 4.98 Å². The van der Waals surface area contributed by atoms with Crippen LogP contribution in [0, 0.1) is 17.8 Å². The monoisotopic (exact) mass is 528 g/mol. The molecule has 3 aliphatic rings. The van der Waals surface area contributed by atoms with Gasteiger partial charge in [0.1, 0.15) is 5.69 Å². The van der Waals surface area contributed by atoms with Gasteiger partial charge in [-0.3, -0.25) is 14.8 Å². The third-order valence-electron chi connectivity index (χ3n) is 8.37. The Kier molecular flexibility index (Phi) is 7.14. The zero-order chi connectivity index (χ0) is 26.9. The molecule has 3 aromatic rings. The summed E-state index contributed by atoms with van der Waals surface area (Å²) in [6, 6.07) is 7.10. The molecule has 3 aromatic heterocycles. The van der Waals surface area contributed by atoms with E-state index in [1.54, 1.807) is 18.5 Å². The number of aliphatic hydroxyl groups excluding tert-OH is 1. The minimum Gasteiger partial charge on any atom is -0.391 e. The zero-order valence-electron chi connectivity index (χ0n) is 22.3. The lowest BCUT2D eigenvalue weighted by molar-refractivity contribution is 0.0594. The minimum absolute atomic E-state index is 0.139. The second-order valence-corrected chi connectivity index (χ2v) is 11.1. The standard InChI is InChI=1S/C29H36N8O2/c1-31-13-18-7-10-36(11-8-18)20-12-25-23(33-14-20)4-5-24(34-25)29(39)35-26-15-32-9-6-27(26)37-16-21(19-2-3-19)28(38)22(30)17-37/h4-6,9,12-15,18-19,21-22,28,38H,2-3,7-8,10-11,16-17,30H2,1H3,(H,35,39)/b31-13+/t21-,22-,28-/m1/s1. The van der Waals surface area contributed by atoms with E-state index in [9.17, 15) is 9.90 Å². The van der Waals surface area contributed by atoms with Crippen LogP contribution in [0.1, 0.15) is 36.2 Å². The largest absolute Gasteiger partial charge is 0.391 e. The molecular formula is C29H36N8O2. The lowest BCUT2D eigenvalue weighted by atomic mass is 9.87. The van der Waals surface area contributed by atoms with Gasteiger partial charge in [-0.1, -0.05) is 0 Å². The van der Waals surface area contributed by atoms with E-state index in [4.69, 9.17) is 5.73 Å². The molecule has 1 aliphatic carbocycles. The molecular weight excluding hydrogens is 492 g/mol. The second-order valence-electron chi connectivity index (χ2n) is 11.1. The number of amides is 1. The maximum atomic E-state index is 13.3. The van der Waals surface area contributed by atoms with Gasteiger partial charge in [0.25, 0.3) is 5.91 Å². The number of pyridine rings is 3. The Labute approximate surface area is 228 Å². The molecule has 4 N–H and O–H groups in total. The van der Waals surface area contributed by atoms with Crippen molar-refractivity contribution >= 4 is 40.2 Å². The minimum atomic E-state index is -0.495. The fourth-order valence-electron chi connectivity index (χ4n) is 6.02. The molecule has 1 amide bonds. The molecule has 0 spiro atoms. The van der Waals surface area contributed by atoms with Gasteiger partial charge in [-0.15, -0.1) is 0 Å². The van der Waals surface area contributed by atoms with Crippen LogP contribution in [-0.2, 0) is 0 Å². The van der Waals surface area contributed by atoms with Crippen molar-refractivity contribution in [3.63, 3.8) is 0 Å². The van der Waals surface area contributed by atoms with Gasteiger partial charge in [0.15, 0.2) is 0 Å². The van der Waals surface area contributed by atoms with Crippen LogP contribution >= 0.6 is 0 Å². The summed E-state index contributed by atoms with van der Waals surface area (Å²) in [5.74, 6) is 0.873. The van der Waals surface area contributed by atoms with Gasteiger partial charge < -0.3 is 30.9 Å². The summed E-state index contributed by atoms with van der Waals surface area (Å²) in [6.45, 7) is 3.10. The molecule has 6 rings (SSSR count). The molecule has 3 atom stereocenters. The van der Waals surface area contributed by atoms with Crippen molar-refractivity contribution in [2.45, 2.75) is 37.8 Å². The maximum Gasteiger partial charge on any atom is 0.274 e. The zero-order valence-corrected chi connectivity index (χ0v) is 22.3. The van der Waals surface area contributed by atoms with Crippen LogP contribution in [0.15, 0.2) is 47.8 Å². The van der Waals surface area contributed by atoms with Crippen molar-refractivity contribution in [2.75, 3.05) is 48.3 Å². The highest BCUT2D eigenvalue weighted by molar-refractivity contribution is 6.05. The van der Waals surface area contributed by atoms with Gasteiger partial charge in [0, 0.05) is 57.6 Å². The predicted octanol–water partition coefficient (Wildman–Crippen LogP) is 2.73. The second kappa shape index (κ2) is 10.9. The Morgan fingerprint density at radius 1 is 1.10 bits per heavy atom. The van der Waals surface area contributed by atoms with Gasteiger partial charge in [-0.2, -0.15) is 0 Å². The van der Waals surface area contributed by atoms with Crippen LogP contribution in [-0.4, -0.2) is 77.6 Å². The number of piperidine rings is 2. The number of nitrogens with zero attached hydrogens (tertiary/aromatic N) is 6. The molecule has 5 heterocycles. The van der Waals surface area contributed by atoms with E-state index >= 15 is 0 Å². The highest BCUT2D eigenvalue weighted by Gasteiger charge is 2.43. The Morgan fingerprint density at radius 3 is 2.69 bits per heavy atom. The highest BCUT2D eigenvalue weighted by Crippen LogP contribution is 2.42. The Bertz CT molecular complexity index is 1370. The predicted molar refractivity (Wildman–Crippen MR) is 153 cm³/mol.